The van der Waals surface area contributed by atoms with Crippen molar-refractivity contribution in [3.63, 3.8) is 0 Å². The van der Waals surface area contributed by atoms with Crippen LogP contribution in [0.5, 0.6) is 0 Å². The van der Waals surface area contributed by atoms with Crippen molar-refractivity contribution in [3.8, 4) is 0 Å². The number of fused-ring (bicyclic) bond motifs is 1. The average Bonchev–Trinajstić information content (AvgIpc) is 2.73. The maximum absolute atomic E-state index is 15.1. The van der Waals surface area contributed by atoms with Crippen LogP contribution in [0.3, 0.4) is 0 Å². The summed E-state index contributed by atoms with van der Waals surface area (Å²) in [5.41, 5.74) is 4.78. The molecule has 0 N–H and O–H groups in total. The molecule has 2 aromatic rings. The van der Waals surface area contributed by atoms with Gasteiger partial charge in [-0.3, -0.25) is 0 Å². The van der Waals surface area contributed by atoms with Gasteiger partial charge >= 0.3 is 0 Å². The smallest absolute Gasteiger partial charge is 0.129 e. The van der Waals surface area contributed by atoms with E-state index in [-0.39, 0.29) is 17.6 Å². The lowest BCUT2D eigenvalue weighted by Crippen LogP contribution is -2.17. The fourth-order valence-corrected chi connectivity index (χ4v) is 5.57. The Hall–Kier alpha value is -1.96. The molecule has 0 bridgehead atoms. The minimum Gasteiger partial charge on any atom is -0.207 e. The average molecular weight is 395 g/mol. The summed E-state index contributed by atoms with van der Waals surface area (Å²) in [7, 11) is 0. The number of benzene rings is 2. The Kier molecular flexibility index (Phi) is 6.18. The van der Waals surface area contributed by atoms with Gasteiger partial charge in [0.1, 0.15) is 11.6 Å². The van der Waals surface area contributed by atoms with Crippen LogP contribution in [0.25, 0.3) is 6.08 Å². The summed E-state index contributed by atoms with van der Waals surface area (Å²) in [6.07, 6.45) is 11.2. The van der Waals surface area contributed by atoms with Crippen LogP contribution in [-0.4, -0.2) is 0 Å². The third-order valence-corrected chi connectivity index (χ3v) is 7.22. The van der Waals surface area contributed by atoms with Gasteiger partial charge in [-0.2, -0.15) is 0 Å². The highest BCUT2D eigenvalue weighted by atomic mass is 19.1. The molecule has 0 heterocycles. The molecule has 0 aliphatic heterocycles. The first-order valence-corrected chi connectivity index (χ1v) is 11.3. The Morgan fingerprint density at radius 1 is 0.931 bits per heavy atom. The normalized spacial score (nSPS) is 24.2. The predicted octanol–water partition coefficient (Wildman–Crippen LogP) is 7.95. The summed E-state index contributed by atoms with van der Waals surface area (Å²) in [6.45, 7) is 6.06. The second kappa shape index (κ2) is 8.81. The van der Waals surface area contributed by atoms with Gasteiger partial charge in [0.15, 0.2) is 0 Å². The third kappa shape index (κ3) is 4.32. The van der Waals surface area contributed by atoms with Crippen molar-refractivity contribution in [2.75, 3.05) is 0 Å². The van der Waals surface area contributed by atoms with E-state index in [9.17, 15) is 0 Å². The molecule has 0 saturated heterocycles. The third-order valence-electron chi connectivity index (χ3n) is 7.22. The summed E-state index contributed by atoms with van der Waals surface area (Å²) < 4.78 is 30.2. The van der Waals surface area contributed by atoms with Crippen molar-refractivity contribution in [3.05, 3.63) is 76.4 Å². The molecule has 154 valence electrons. The lowest BCUT2D eigenvalue weighted by atomic mass is 9.76. The van der Waals surface area contributed by atoms with Crippen molar-refractivity contribution in [1.82, 2.24) is 0 Å². The molecule has 1 fully saturated rings. The predicted molar refractivity (Wildman–Crippen MR) is 117 cm³/mol. The van der Waals surface area contributed by atoms with E-state index in [0.717, 1.165) is 42.7 Å². The van der Waals surface area contributed by atoms with E-state index in [1.807, 2.05) is 12.1 Å². The van der Waals surface area contributed by atoms with Gasteiger partial charge in [-0.25, -0.2) is 8.78 Å². The van der Waals surface area contributed by atoms with Crippen molar-refractivity contribution < 1.29 is 8.78 Å². The summed E-state index contributed by atoms with van der Waals surface area (Å²) in [6, 6.07) is 9.57. The second-order valence-corrected chi connectivity index (χ2v) is 9.08. The number of rotatable bonds is 5. The minimum atomic E-state index is -0.341. The topological polar surface area (TPSA) is 0 Å². The summed E-state index contributed by atoms with van der Waals surface area (Å²) in [4.78, 5) is 0. The second-order valence-electron chi connectivity index (χ2n) is 9.08. The van der Waals surface area contributed by atoms with Gasteiger partial charge in [0, 0.05) is 5.56 Å². The Labute approximate surface area is 174 Å². The number of halogens is 2. The minimum absolute atomic E-state index is 0.0774. The maximum atomic E-state index is 15.1. The van der Waals surface area contributed by atoms with Gasteiger partial charge in [0.2, 0.25) is 0 Å². The molecule has 0 aromatic heterocycles. The van der Waals surface area contributed by atoms with E-state index in [2.05, 4.69) is 25.6 Å². The summed E-state index contributed by atoms with van der Waals surface area (Å²) in [5, 5.41) is 0. The molecule has 1 unspecified atom stereocenters. The zero-order valence-corrected chi connectivity index (χ0v) is 17.5. The molecule has 0 nitrogen and oxygen atoms in total. The molecule has 0 amide bonds. The Morgan fingerprint density at radius 3 is 2.31 bits per heavy atom. The lowest BCUT2D eigenvalue weighted by Gasteiger charge is -2.30. The molecule has 2 aliphatic rings. The lowest BCUT2D eigenvalue weighted by molar-refractivity contribution is 0.307. The quantitative estimate of drug-likeness (QED) is 0.482. The first kappa shape index (κ1) is 20.3. The molecule has 0 radical (unpaired) electrons. The highest BCUT2D eigenvalue weighted by molar-refractivity contribution is 5.51. The van der Waals surface area contributed by atoms with Crippen LogP contribution in [0.2, 0.25) is 0 Å². The van der Waals surface area contributed by atoms with E-state index in [4.69, 9.17) is 0 Å². The van der Waals surface area contributed by atoms with Gasteiger partial charge < -0.3 is 0 Å². The van der Waals surface area contributed by atoms with Gasteiger partial charge in [-0.05, 0) is 97.1 Å². The molecular formula is C27H32F2. The van der Waals surface area contributed by atoms with Gasteiger partial charge in [-0.15, -0.1) is 0 Å². The van der Waals surface area contributed by atoms with Crippen molar-refractivity contribution in [2.45, 2.75) is 76.5 Å². The number of hydrogen-bond donors (Lipinski definition) is 0. The van der Waals surface area contributed by atoms with E-state index in [1.54, 1.807) is 12.1 Å². The van der Waals surface area contributed by atoms with Gasteiger partial charge in [0.05, 0.1) is 0 Å². The van der Waals surface area contributed by atoms with Crippen LogP contribution in [0, 0.1) is 17.6 Å². The summed E-state index contributed by atoms with van der Waals surface area (Å²) in [5.74, 6) is 0.352. The first-order chi connectivity index (χ1) is 14.1. The van der Waals surface area contributed by atoms with E-state index >= 15 is 8.78 Å². The van der Waals surface area contributed by atoms with Crippen LogP contribution in [-0.2, 0) is 12.8 Å². The monoisotopic (exact) mass is 394 g/mol. The van der Waals surface area contributed by atoms with Crippen molar-refractivity contribution >= 4 is 6.08 Å². The fraction of sp³-hybridized carbons (Fsp3) is 0.481. The molecule has 0 spiro atoms. The molecule has 2 heteroatoms. The Balaban J connectivity index is 1.51. The van der Waals surface area contributed by atoms with Gasteiger partial charge in [-0.1, -0.05) is 50.6 Å². The molecule has 2 aromatic carbocycles. The Morgan fingerprint density at radius 2 is 1.66 bits per heavy atom. The van der Waals surface area contributed by atoms with Crippen LogP contribution < -0.4 is 0 Å². The first-order valence-electron chi connectivity index (χ1n) is 11.3. The van der Waals surface area contributed by atoms with Crippen molar-refractivity contribution in [1.29, 1.82) is 0 Å². The Bertz CT molecular complexity index is 851. The highest BCUT2D eigenvalue weighted by Crippen LogP contribution is 2.40. The SMILES string of the molecule is C=Cc1ccc2c(c1)CCC(c1c(F)cc(C3CCC(CCC)CC3)cc1F)C2. The largest absolute Gasteiger partial charge is 0.207 e. The van der Waals surface area contributed by atoms with E-state index < -0.39 is 0 Å². The highest BCUT2D eigenvalue weighted by Gasteiger charge is 2.28. The zero-order valence-electron chi connectivity index (χ0n) is 17.5. The van der Waals surface area contributed by atoms with Crippen LogP contribution in [0.4, 0.5) is 8.78 Å². The maximum Gasteiger partial charge on any atom is 0.129 e. The molecule has 29 heavy (non-hydrogen) atoms. The molecular weight excluding hydrogens is 362 g/mol. The van der Waals surface area contributed by atoms with Gasteiger partial charge in [0.25, 0.3) is 0 Å². The fourth-order valence-electron chi connectivity index (χ4n) is 5.57. The van der Waals surface area contributed by atoms with Crippen molar-refractivity contribution in [2.24, 2.45) is 5.92 Å². The van der Waals surface area contributed by atoms with E-state index in [0.29, 0.717) is 17.9 Å². The summed E-state index contributed by atoms with van der Waals surface area (Å²) >= 11 is 0. The number of hydrogen-bond acceptors (Lipinski definition) is 0. The molecule has 1 atom stereocenters. The number of aryl methyl sites for hydroxylation is 1. The standard InChI is InChI=1S/C27H32F2/c1-3-5-19-7-9-20(10-8-19)24-16-25(28)27(26(29)17-24)23-13-12-21-14-18(4-2)6-11-22(21)15-23/h4,6,11,14,16-17,19-20,23H,2-3,5,7-10,12-13,15H2,1H3. The van der Waals surface area contributed by atoms with Crippen LogP contribution in [0.1, 0.15) is 91.5 Å². The zero-order chi connectivity index (χ0) is 20.4. The van der Waals surface area contributed by atoms with E-state index in [1.165, 1.54) is 36.8 Å². The van der Waals surface area contributed by atoms with Crippen LogP contribution in [0.15, 0.2) is 36.9 Å². The molecule has 1 saturated carbocycles. The van der Waals surface area contributed by atoms with Crippen LogP contribution >= 0.6 is 0 Å². The molecule has 2 aliphatic carbocycles. The molecule has 4 rings (SSSR count).